The highest BCUT2D eigenvalue weighted by molar-refractivity contribution is 4.82. The van der Waals surface area contributed by atoms with Gasteiger partial charge in [-0.3, -0.25) is 0 Å². The maximum absolute atomic E-state index is 3.52. The van der Waals surface area contributed by atoms with E-state index in [9.17, 15) is 0 Å². The normalized spacial score (nSPS) is 32.8. The quantitative estimate of drug-likeness (QED) is 0.775. The summed E-state index contributed by atoms with van der Waals surface area (Å²) < 4.78 is 0. The molecule has 0 spiro atoms. The van der Waals surface area contributed by atoms with Crippen LogP contribution in [0.2, 0.25) is 0 Å². The fourth-order valence-electron chi connectivity index (χ4n) is 3.18. The van der Waals surface area contributed by atoms with Crippen molar-refractivity contribution in [1.82, 2.24) is 10.2 Å². The van der Waals surface area contributed by atoms with Gasteiger partial charge in [-0.05, 0) is 43.9 Å². The molecule has 1 heterocycles. The molecule has 0 aromatic heterocycles. The average Bonchev–Trinajstić information content (AvgIpc) is 2.21. The van der Waals surface area contributed by atoms with E-state index in [1.807, 2.05) is 0 Å². The minimum Gasteiger partial charge on any atom is -0.312 e. The highest BCUT2D eigenvalue weighted by Gasteiger charge is 2.28. The van der Waals surface area contributed by atoms with Crippen LogP contribution < -0.4 is 5.32 Å². The summed E-state index contributed by atoms with van der Waals surface area (Å²) >= 11 is 0. The molecule has 1 N–H and O–H groups in total. The van der Waals surface area contributed by atoms with Crippen LogP contribution >= 0.6 is 0 Å². The fourth-order valence-corrected chi connectivity index (χ4v) is 3.18. The van der Waals surface area contributed by atoms with Gasteiger partial charge in [0.1, 0.15) is 0 Å². The molecule has 94 valence electrons. The van der Waals surface area contributed by atoms with Crippen LogP contribution in [0.25, 0.3) is 0 Å². The van der Waals surface area contributed by atoms with Crippen molar-refractivity contribution in [3.8, 4) is 0 Å². The third-order valence-corrected chi connectivity index (χ3v) is 4.43. The molecule has 0 unspecified atom stereocenters. The third-order valence-electron chi connectivity index (χ3n) is 4.43. The van der Waals surface area contributed by atoms with Gasteiger partial charge in [-0.2, -0.15) is 0 Å². The van der Waals surface area contributed by atoms with Crippen molar-refractivity contribution in [2.75, 3.05) is 26.2 Å². The third kappa shape index (κ3) is 3.46. The zero-order chi connectivity index (χ0) is 11.6. The Hall–Kier alpha value is -0.0800. The van der Waals surface area contributed by atoms with E-state index in [2.05, 4.69) is 31.0 Å². The van der Waals surface area contributed by atoms with Gasteiger partial charge in [0.25, 0.3) is 0 Å². The number of hydrogen-bond donors (Lipinski definition) is 1. The van der Waals surface area contributed by atoms with Crippen molar-refractivity contribution < 1.29 is 0 Å². The molecule has 2 rings (SSSR count). The second-order valence-electron chi connectivity index (χ2n) is 6.72. The molecule has 1 saturated carbocycles. The topological polar surface area (TPSA) is 15.3 Å². The molecular formula is C14H28N2. The molecule has 1 atom stereocenters. The van der Waals surface area contributed by atoms with Crippen molar-refractivity contribution >= 4 is 0 Å². The van der Waals surface area contributed by atoms with Gasteiger partial charge in [0.2, 0.25) is 0 Å². The minimum atomic E-state index is 0.618. The summed E-state index contributed by atoms with van der Waals surface area (Å²) in [4.78, 5) is 2.67. The Morgan fingerprint density at radius 2 is 1.94 bits per heavy atom. The monoisotopic (exact) mass is 224 g/mol. The summed E-state index contributed by atoms with van der Waals surface area (Å²) in [5, 5.41) is 3.52. The number of hydrogen-bond acceptors (Lipinski definition) is 2. The Morgan fingerprint density at radius 3 is 2.56 bits per heavy atom. The van der Waals surface area contributed by atoms with Crippen molar-refractivity contribution in [1.29, 1.82) is 0 Å². The highest BCUT2D eigenvalue weighted by Crippen LogP contribution is 2.38. The molecule has 1 aliphatic heterocycles. The Morgan fingerprint density at radius 1 is 1.25 bits per heavy atom. The van der Waals surface area contributed by atoms with Gasteiger partial charge in [-0.25, -0.2) is 0 Å². The van der Waals surface area contributed by atoms with Gasteiger partial charge in [0.05, 0.1) is 0 Å². The first-order chi connectivity index (χ1) is 7.55. The van der Waals surface area contributed by atoms with Crippen molar-refractivity contribution in [3.05, 3.63) is 0 Å². The van der Waals surface area contributed by atoms with Crippen LogP contribution in [0.4, 0.5) is 0 Å². The summed E-state index contributed by atoms with van der Waals surface area (Å²) in [6, 6.07) is 0.689. The van der Waals surface area contributed by atoms with Crippen LogP contribution in [0, 0.1) is 11.3 Å². The fraction of sp³-hybridized carbons (Fsp3) is 1.00. The molecular weight excluding hydrogens is 196 g/mol. The summed E-state index contributed by atoms with van der Waals surface area (Å²) in [5.74, 6) is 0.971. The van der Waals surface area contributed by atoms with Gasteiger partial charge < -0.3 is 10.2 Å². The molecule has 2 aliphatic rings. The summed E-state index contributed by atoms with van der Waals surface area (Å²) in [5.41, 5.74) is 0.618. The van der Waals surface area contributed by atoms with E-state index in [0.29, 0.717) is 11.5 Å². The van der Waals surface area contributed by atoms with Crippen LogP contribution in [-0.4, -0.2) is 37.1 Å². The second-order valence-corrected chi connectivity index (χ2v) is 6.72. The Labute approximate surface area is 101 Å². The van der Waals surface area contributed by atoms with Crippen LogP contribution in [-0.2, 0) is 0 Å². The van der Waals surface area contributed by atoms with E-state index in [4.69, 9.17) is 0 Å². The van der Waals surface area contributed by atoms with Crippen LogP contribution in [0.1, 0.15) is 46.5 Å². The zero-order valence-electron chi connectivity index (χ0n) is 11.3. The summed E-state index contributed by atoms with van der Waals surface area (Å²) in [6.07, 6.45) is 5.76. The second kappa shape index (κ2) is 5.05. The Bertz CT molecular complexity index is 215. The Balaban J connectivity index is 1.74. The van der Waals surface area contributed by atoms with Crippen LogP contribution in [0.5, 0.6) is 0 Å². The van der Waals surface area contributed by atoms with Gasteiger partial charge in [0, 0.05) is 32.2 Å². The molecule has 0 aromatic carbocycles. The first-order valence-corrected chi connectivity index (χ1v) is 7.01. The van der Waals surface area contributed by atoms with Crippen LogP contribution in [0.3, 0.4) is 0 Å². The first kappa shape index (κ1) is 12.4. The molecule has 1 aliphatic carbocycles. The van der Waals surface area contributed by atoms with E-state index in [0.717, 1.165) is 5.92 Å². The lowest BCUT2D eigenvalue weighted by Gasteiger charge is -2.39. The summed E-state index contributed by atoms with van der Waals surface area (Å²) in [6.45, 7) is 12.2. The molecule has 0 aromatic rings. The van der Waals surface area contributed by atoms with E-state index in [-0.39, 0.29) is 0 Å². The molecule has 16 heavy (non-hydrogen) atoms. The lowest BCUT2D eigenvalue weighted by molar-refractivity contribution is 0.125. The van der Waals surface area contributed by atoms with Crippen molar-refractivity contribution in [2.45, 2.75) is 52.5 Å². The highest BCUT2D eigenvalue weighted by atomic mass is 15.2. The van der Waals surface area contributed by atoms with E-state index in [1.54, 1.807) is 0 Å². The van der Waals surface area contributed by atoms with Crippen molar-refractivity contribution in [3.63, 3.8) is 0 Å². The molecule has 0 radical (unpaired) electrons. The standard InChI is InChI=1S/C14H28N2/c1-12-10-16(9-8-15-12)11-13-4-6-14(2,3)7-5-13/h12-13,15H,4-11H2,1-3H3/t12-/m1/s1. The summed E-state index contributed by atoms with van der Waals surface area (Å²) in [7, 11) is 0. The molecule has 2 heteroatoms. The van der Waals surface area contributed by atoms with E-state index in [1.165, 1.54) is 51.9 Å². The van der Waals surface area contributed by atoms with Gasteiger partial charge in [0.15, 0.2) is 0 Å². The predicted molar refractivity (Wildman–Crippen MR) is 69.6 cm³/mol. The minimum absolute atomic E-state index is 0.618. The molecule has 0 amide bonds. The van der Waals surface area contributed by atoms with Gasteiger partial charge in [-0.1, -0.05) is 13.8 Å². The molecule has 0 bridgehead atoms. The molecule has 2 nitrogen and oxygen atoms in total. The SMILES string of the molecule is C[C@@H]1CN(CC2CCC(C)(C)CC2)CCN1. The lowest BCUT2D eigenvalue weighted by Crippen LogP contribution is -2.50. The number of nitrogens with one attached hydrogen (secondary N) is 1. The Kier molecular flexibility index (Phi) is 3.91. The maximum atomic E-state index is 3.52. The van der Waals surface area contributed by atoms with Crippen molar-refractivity contribution in [2.24, 2.45) is 11.3 Å². The smallest absolute Gasteiger partial charge is 0.0167 e. The molecule has 1 saturated heterocycles. The van der Waals surface area contributed by atoms with E-state index < -0.39 is 0 Å². The largest absolute Gasteiger partial charge is 0.312 e. The lowest BCUT2D eigenvalue weighted by atomic mass is 9.73. The number of piperazine rings is 1. The van der Waals surface area contributed by atoms with Gasteiger partial charge in [-0.15, -0.1) is 0 Å². The zero-order valence-corrected chi connectivity index (χ0v) is 11.3. The average molecular weight is 224 g/mol. The maximum Gasteiger partial charge on any atom is 0.0167 e. The van der Waals surface area contributed by atoms with Crippen LogP contribution in [0.15, 0.2) is 0 Å². The predicted octanol–water partition coefficient (Wildman–Crippen LogP) is 2.50. The van der Waals surface area contributed by atoms with Gasteiger partial charge >= 0.3 is 0 Å². The van der Waals surface area contributed by atoms with E-state index >= 15 is 0 Å². The molecule has 2 fully saturated rings. The number of nitrogens with zero attached hydrogens (tertiary/aromatic N) is 1. The number of rotatable bonds is 2. The first-order valence-electron chi connectivity index (χ1n) is 7.01.